The molecule has 0 N–H and O–H groups in total. The van der Waals surface area contributed by atoms with E-state index in [1.54, 1.807) is 0 Å². The molecule has 0 aliphatic heterocycles. The number of benzene rings is 21. The van der Waals surface area contributed by atoms with Crippen LogP contribution < -0.4 is 0 Å². The van der Waals surface area contributed by atoms with Crippen LogP contribution in [0.5, 0.6) is 0 Å². The normalized spacial score (nSPS) is 14.5. The first-order valence-corrected chi connectivity index (χ1v) is 50.8. The van der Waals surface area contributed by atoms with Crippen molar-refractivity contribution in [1.29, 1.82) is 0 Å². The summed E-state index contributed by atoms with van der Waals surface area (Å²) in [5.41, 5.74) is 32.7. The fourth-order valence-corrected chi connectivity index (χ4v) is 23.5. The monoisotopic (exact) mass is 1860 g/mol. The fraction of sp³-hybridized carbons (Fsp3) is 0.130. The van der Waals surface area contributed by atoms with Crippen molar-refractivity contribution in [2.45, 2.75) is 116 Å². The molecule has 0 saturated heterocycles. The van der Waals surface area contributed by atoms with Crippen LogP contribution in [0.3, 0.4) is 0 Å². The molecule has 0 bridgehead atoms. The lowest BCUT2D eigenvalue weighted by Gasteiger charge is -2.48. The van der Waals surface area contributed by atoms with Gasteiger partial charge in [0.25, 0.3) is 0 Å². The minimum absolute atomic E-state index is 0.0474. The summed E-state index contributed by atoms with van der Waals surface area (Å²) in [6, 6.07) is 160. The van der Waals surface area contributed by atoms with Crippen LogP contribution in [-0.2, 0) is 32.5 Å². The molecule has 0 spiro atoms. The Morgan fingerprint density at radius 2 is 0.428 bits per heavy atom. The van der Waals surface area contributed by atoms with Gasteiger partial charge in [0.05, 0.1) is 11.0 Å². The molecule has 24 aromatic rings. The average molecular weight is 1870 g/mol. The average Bonchev–Trinajstić information content (AvgIpc) is 1.07. The lowest BCUT2D eigenvalue weighted by Crippen LogP contribution is -2.43. The number of fused-ring (bicyclic) bond motifs is 23. The van der Waals surface area contributed by atoms with E-state index in [-0.39, 0.29) is 32.5 Å². The van der Waals surface area contributed by atoms with E-state index in [0.29, 0.717) is 34.9 Å². The van der Waals surface area contributed by atoms with Crippen LogP contribution in [0.15, 0.2) is 443 Å². The van der Waals surface area contributed by atoms with Gasteiger partial charge in [0, 0.05) is 49.8 Å². The maximum atomic E-state index is 5.00. The molecular weight excluding hydrogens is 1760 g/mol. The van der Waals surface area contributed by atoms with E-state index < -0.39 is 0 Å². The Balaban J connectivity index is 0.000000114. The van der Waals surface area contributed by atoms with Gasteiger partial charge in [0.1, 0.15) is 0 Å². The quantitative estimate of drug-likeness (QED) is 0.127. The maximum absolute atomic E-state index is 5.00. The van der Waals surface area contributed by atoms with E-state index in [2.05, 4.69) is 409 Å². The fourth-order valence-electron chi connectivity index (χ4n) is 23.5. The van der Waals surface area contributed by atoms with Crippen molar-refractivity contribution in [2.75, 3.05) is 0 Å². The first kappa shape index (κ1) is 89.4. The van der Waals surface area contributed by atoms with Gasteiger partial charge in [-0.1, -0.05) is 465 Å². The number of hydrogen-bond acceptors (Lipinski definition) is 6. The topological polar surface area (TPSA) is 82.3 Å². The number of aromatic nitrogens is 7. The molecule has 145 heavy (non-hydrogen) atoms. The highest BCUT2D eigenvalue weighted by Gasteiger charge is 2.50. The smallest absolute Gasteiger partial charge is 0.164 e. The minimum Gasteiger partial charge on any atom is -0.309 e. The van der Waals surface area contributed by atoms with Gasteiger partial charge in [-0.3, -0.25) is 0 Å². The Bertz CT molecular complexity index is 9160. The van der Waals surface area contributed by atoms with E-state index >= 15 is 0 Å². The van der Waals surface area contributed by atoms with Crippen LogP contribution in [0.25, 0.3) is 227 Å². The lowest BCUT2D eigenvalue weighted by atomic mass is 9.55. The molecule has 3 aliphatic carbocycles. The summed E-state index contributed by atoms with van der Waals surface area (Å²) in [5.74, 6) is 3.98. The SMILES string of the molecule is CC1(C)c2cc(-c3ccc(-c4nc(-c5ccccc5)nc(-c5ccccc5)n4)cc3)ccc2-c2c(ccc3c2ccc2ccccc23)C1(C)C.CC1(C)c2cc(-c3ccc(-n4c5ccccc5c5ccccc54)cc3)ccc2-c2cc3c(ccc4ccccc43)cc2C1(C)C.CC1(C)c2cc(-c3cccc(-c4nc(-c5ccccc5)nc(-c5ccccc5)n4)c3)ccc2-c2c(ccc3c2ccc2ccccc23)C1(C)C. The highest BCUT2D eigenvalue weighted by Crippen LogP contribution is 2.61. The summed E-state index contributed by atoms with van der Waals surface area (Å²) in [4.78, 5) is 29.6. The van der Waals surface area contributed by atoms with E-state index in [0.717, 1.165) is 38.9 Å². The van der Waals surface area contributed by atoms with Gasteiger partial charge in [0.15, 0.2) is 34.9 Å². The summed E-state index contributed by atoms with van der Waals surface area (Å²) >= 11 is 0. The molecule has 0 amide bonds. The van der Waals surface area contributed by atoms with E-state index in [1.807, 2.05) is 121 Å². The van der Waals surface area contributed by atoms with Crippen LogP contribution in [0.1, 0.15) is 116 Å². The van der Waals surface area contributed by atoms with Gasteiger partial charge in [-0.2, -0.15) is 0 Å². The van der Waals surface area contributed by atoms with Gasteiger partial charge in [-0.05, 0) is 258 Å². The van der Waals surface area contributed by atoms with Gasteiger partial charge in [-0.25, -0.2) is 29.9 Å². The predicted molar refractivity (Wildman–Crippen MR) is 609 cm³/mol. The maximum Gasteiger partial charge on any atom is 0.164 e. The number of para-hydroxylation sites is 2. The van der Waals surface area contributed by atoms with Crippen LogP contribution in [0.2, 0.25) is 0 Å². The van der Waals surface area contributed by atoms with Crippen molar-refractivity contribution in [1.82, 2.24) is 34.5 Å². The molecule has 696 valence electrons. The van der Waals surface area contributed by atoms with Crippen LogP contribution >= 0.6 is 0 Å². The number of rotatable bonds is 10. The first-order valence-electron chi connectivity index (χ1n) is 50.8. The minimum atomic E-state index is -0.114. The van der Waals surface area contributed by atoms with Crippen molar-refractivity contribution in [3.63, 3.8) is 0 Å². The van der Waals surface area contributed by atoms with Crippen molar-refractivity contribution < 1.29 is 0 Å². The van der Waals surface area contributed by atoms with E-state index in [4.69, 9.17) is 29.9 Å². The zero-order valence-corrected chi connectivity index (χ0v) is 83.8. The van der Waals surface area contributed by atoms with Crippen molar-refractivity contribution in [2.24, 2.45) is 0 Å². The van der Waals surface area contributed by atoms with E-state index in [1.165, 1.54) is 187 Å². The van der Waals surface area contributed by atoms with Crippen molar-refractivity contribution >= 4 is 86.4 Å². The highest BCUT2D eigenvalue weighted by atomic mass is 15.0. The Kier molecular flexibility index (Phi) is 21.2. The molecule has 3 aliphatic rings. The van der Waals surface area contributed by atoms with Crippen molar-refractivity contribution in [3.8, 4) is 141 Å². The van der Waals surface area contributed by atoms with Gasteiger partial charge < -0.3 is 4.57 Å². The Hall–Kier alpha value is -17.0. The summed E-state index contributed by atoms with van der Waals surface area (Å²) in [5, 5.41) is 18.3. The Labute approximate surface area is 847 Å². The highest BCUT2D eigenvalue weighted by molar-refractivity contribution is 6.16. The zero-order chi connectivity index (χ0) is 98.6. The van der Waals surface area contributed by atoms with Gasteiger partial charge >= 0.3 is 0 Å². The third-order valence-electron chi connectivity index (χ3n) is 33.7. The molecular formula is C138H109N7. The second kappa shape index (κ2) is 34.4. The summed E-state index contributed by atoms with van der Waals surface area (Å²) in [6.45, 7) is 28.9. The number of hydrogen-bond donors (Lipinski definition) is 0. The molecule has 0 atom stereocenters. The molecule has 7 nitrogen and oxygen atoms in total. The molecule has 21 aromatic carbocycles. The van der Waals surface area contributed by atoms with Gasteiger partial charge in [-0.15, -0.1) is 0 Å². The third kappa shape index (κ3) is 14.7. The second-order valence-electron chi connectivity index (χ2n) is 42.8. The van der Waals surface area contributed by atoms with Crippen LogP contribution in [0, 0.1) is 0 Å². The van der Waals surface area contributed by atoms with Crippen LogP contribution in [0.4, 0.5) is 0 Å². The molecule has 3 aromatic heterocycles. The second-order valence-corrected chi connectivity index (χ2v) is 42.8. The van der Waals surface area contributed by atoms with E-state index in [9.17, 15) is 0 Å². The number of nitrogens with zero attached hydrogens (tertiary/aromatic N) is 7. The van der Waals surface area contributed by atoms with Crippen LogP contribution in [-0.4, -0.2) is 34.5 Å². The summed E-state index contributed by atoms with van der Waals surface area (Å²) in [7, 11) is 0. The molecule has 0 fully saturated rings. The Morgan fingerprint density at radius 3 is 0.848 bits per heavy atom. The standard InChI is InChI=1S/2C47H37N3.C44H35N/c1-46(2)40-27-26-37-36-21-12-11-14-30(36)22-24-38(37)42(40)39-25-23-34(29-41(39)47(46,3)4)33-19-13-20-35(28-33)45-49-43(31-15-7-5-8-16-31)48-44(50-45)32-17-9-6-10-18-32;1-46(2)40-28-27-37-36-18-12-11-13-31(36)23-25-38(37)42(40)39-26-24-35(29-41(39)47(46,3)4)30-19-21-34(22-20-30)45-49-43(32-14-7-5-8-15-32)48-44(50-45)33-16-9-6-10-17-33;1-43(2)39-25-30(28-19-22-32(23-20-28)45-41-15-9-7-13-35(41)36-14-8-10-16-42(36)45)21-24-34(39)38-27-37-31(26-40(38)44(43,3)4)18-17-29-11-5-6-12-33(29)37/h2*5-29H,1-4H3;5-27H,1-4H3. The lowest BCUT2D eigenvalue weighted by molar-refractivity contribution is 0.299. The largest absolute Gasteiger partial charge is 0.309 e. The predicted octanol–water partition coefficient (Wildman–Crippen LogP) is 36.2. The van der Waals surface area contributed by atoms with Gasteiger partial charge in [0.2, 0.25) is 0 Å². The molecule has 0 radical (unpaired) electrons. The molecule has 7 heteroatoms. The molecule has 0 saturated carbocycles. The van der Waals surface area contributed by atoms with Crippen molar-refractivity contribution in [3.05, 3.63) is 476 Å². The Morgan fingerprint density at radius 1 is 0.152 bits per heavy atom. The first-order chi connectivity index (χ1) is 70.4. The molecule has 0 unspecified atom stereocenters. The molecule has 3 heterocycles. The zero-order valence-electron chi connectivity index (χ0n) is 83.8. The molecule has 27 rings (SSSR count). The third-order valence-corrected chi connectivity index (χ3v) is 33.7. The summed E-state index contributed by atoms with van der Waals surface area (Å²) in [6.07, 6.45) is 0. The summed E-state index contributed by atoms with van der Waals surface area (Å²) < 4.78 is 2.39.